The summed E-state index contributed by atoms with van der Waals surface area (Å²) in [5.41, 5.74) is 1.46. The highest BCUT2D eigenvalue weighted by molar-refractivity contribution is 6.11. The number of hydrogen-bond acceptors (Lipinski definition) is 3. The molecule has 0 saturated carbocycles. The quantitative estimate of drug-likeness (QED) is 0.842. The minimum atomic E-state index is -0.187. The molecule has 2 rings (SSSR count). The van der Waals surface area contributed by atoms with Crippen LogP contribution in [0, 0.1) is 6.92 Å². The van der Waals surface area contributed by atoms with E-state index < -0.39 is 0 Å². The molecular weight excluding hydrogens is 252 g/mol. The van der Waals surface area contributed by atoms with Gasteiger partial charge >= 0.3 is 0 Å². The second-order valence-corrected chi connectivity index (χ2v) is 4.63. The Morgan fingerprint density at radius 3 is 2.50 bits per heavy atom. The van der Waals surface area contributed by atoms with Crippen LogP contribution in [0.3, 0.4) is 0 Å². The number of phenolic OH excluding ortho intramolecular Hbond substituents is 1. The lowest BCUT2D eigenvalue weighted by Gasteiger charge is -2.12. The lowest BCUT2D eigenvalue weighted by molar-refractivity contribution is 0.103. The molecule has 0 unspecified atom stereocenters. The molecule has 0 aliphatic carbocycles. The number of hydrogen-bond donors (Lipinski definition) is 1. The van der Waals surface area contributed by atoms with E-state index in [-0.39, 0.29) is 11.5 Å². The fourth-order valence-electron chi connectivity index (χ4n) is 1.98. The number of phenols is 1. The zero-order valence-electron chi connectivity index (χ0n) is 11.7. The predicted octanol–water partition coefficient (Wildman–Crippen LogP) is 3.72. The van der Waals surface area contributed by atoms with Gasteiger partial charge in [0.05, 0.1) is 12.2 Å². The van der Waals surface area contributed by atoms with Crippen molar-refractivity contribution in [1.29, 1.82) is 0 Å². The standard InChI is InChI=1S/C17H18O3/c1-3-11-20-15-10-9-14(16(18)12(15)2)17(19)13-7-5-4-6-8-13/h4-10,18H,3,11H2,1-2H3. The van der Waals surface area contributed by atoms with E-state index in [9.17, 15) is 9.90 Å². The van der Waals surface area contributed by atoms with Gasteiger partial charge in [0.25, 0.3) is 0 Å². The zero-order chi connectivity index (χ0) is 14.5. The van der Waals surface area contributed by atoms with Gasteiger partial charge in [-0.2, -0.15) is 0 Å². The van der Waals surface area contributed by atoms with Gasteiger partial charge in [-0.15, -0.1) is 0 Å². The van der Waals surface area contributed by atoms with E-state index in [0.717, 1.165) is 6.42 Å². The molecule has 2 aromatic rings. The first-order chi connectivity index (χ1) is 9.65. The molecule has 0 spiro atoms. The van der Waals surface area contributed by atoms with Crippen LogP contribution in [0.15, 0.2) is 42.5 Å². The van der Waals surface area contributed by atoms with Crippen molar-refractivity contribution in [3.8, 4) is 11.5 Å². The molecule has 0 saturated heterocycles. The Labute approximate surface area is 118 Å². The summed E-state index contributed by atoms with van der Waals surface area (Å²) >= 11 is 0. The Morgan fingerprint density at radius 1 is 1.15 bits per heavy atom. The van der Waals surface area contributed by atoms with Crippen LogP contribution in [0.4, 0.5) is 0 Å². The molecule has 0 aliphatic rings. The highest BCUT2D eigenvalue weighted by Crippen LogP contribution is 2.31. The average molecular weight is 270 g/mol. The first-order valence-electron chi connectivity index (χ1n) is 6.70. The average Bonchev–Trinajstić information content (AvgIpc) is 2.49. The van der Waals surface area contributed by atoms with Crippen LogP contribution in [0.1, 0.15) is 34.8 Å². The summed E-state index contributed by atoms with van der Waals surface area (Å²) in [6.45, 7) is 4.36. The molecule has 0 aliphatic heterocycles. The number of carbonyl (C=O) groups excluding carboxylic acids is 1. The second kappa shape index (κ2) is 6.24. The maximum atomic E-state index is 12.3. The summed E-state index contributed by atoms with van der Waals surface area (Å²) in [6, 6.07) is 12.3. The van der Waals surface area contributed by atoms with Crippen molar-refractivity contribution in [1.82, 2.24) is 0 Å². The summed E-state index contributed by atoms with van der Waals surface area (Å²) < 4.78 is 5.54. The van der Waals surface area contributed by atoms with Crippen LogP contribution in [0.2, 0.25) is 0 Å². The Balaban J connectivity index is 2.34. The third-order valence-corrected chi connectivity index (χ3v) is 3.12. The minimum Gasteiger partial charge on any atom is -0.507 e. The highest BCUT2D eigenvalue weighted by Gasteiger charge is 2.17. The zero-order valence-corrected chi connectivity index (χ0v) is 11.7. The van der Waals surface area contributed by atoms with Crippen molar-refractivity contribution in [2.75, 3.05) is 6.61 Å². The van der Waals surface area contributed by atoms with Gasteiger partial charge in [-0.1, -0.05) is 37.3 Å². The fraction of sp³-hybridized carbons (Fsp3) is 0.235. The lowest BCUT2D eigenvalue weighted by Crippen LogP contribution is -2.04. The molecule has 2 aromatic carbocycles. The molecule has 0 atom stereocenters. The first kappa shape index (κ1) is 14.1. The smallest absolute Gasteiger partial charge is 0.196 e. The van der Waals surface area contributed by atoms with Crippen LogP contribution in [-0.4, -0.2) is 17.5 Å². The molecule has 104 valence electrons. The molecule has 0 fully saturated rings. The largest absolute Gasteiger partial charge is 0.507 e. The van der Waals surface area contributed by atoms with E-state index in [0.29, 0.717) is 29.0 Å². The van der Waals surface area contributed by atoms with Crippen molar-refractivity contribution < 1.29 is 14.6 Å². The van der Waals surface area contributed by atoms with Gasteiger partial charge in [0.15, 0.2) is 5.78 Å². The van der Waals surface area contributed by atoms with E-state index in [1.54, 1.807) is 43.3 Å². The summed E-state index contributed by atoms with van der Waals surface area (Å²) in [6.07, 6.45) is 0.894. The molecule has 0 bridgehead atoms. The van der Waals surface area contributed by atoms with Crippen molar-refractivity contribution in [2.24, 2.45) is 0 Å². The highest BCUT2D eigenvalue weighted by atomic mass is 16.5. The number of carbonyl (C=O) groups is 1. The van der Waals surface area contributed by atoms with Crippen molar-refractivity contribution in [2.45, 2.75) is 20.3 Å². The molecule has 0 heterocycles. The Kier molecular flexibility index (Phi) is 4.41. The van der Waals surface area contributed by atoms with Gasteiger partial charge in [-0.3, -0.25) is 4.79 Å². The number of benzene rings is 2. The van der Waals surface area contributed by atoms with E-state index >= 15 is 0 Å². The maximum absolute atomic E-state index is 12.3. The van der Waals surface area contributed by atoms with Crippen molar-refractivity contribution >= 4 is 5.78 Å². The van der Waals surface area contributed by atoms with Crippen molar-refractivity contribution in [3.05, 3.63) is 59.2 Å². The van der Waals surface area contributed by atoms with Crippen LogP contribution in [0.25, 0.3) is 0 Å². The van der Waals surface area contributed by atoms with E-state index in [2.05, 4.69) is 0 Å². The van der Waals surface area contributed by atoms with Crippen molar-refractivity contribution in [3.63, 3.8) is 0 Å². The number of ether oxygens (including phenoxy) is 1. The van der Waals surface area contributed by atoms with E-state index in [4.69, 9.17) is 4.74 Å². The summed E-state index contributed by atoms with van der Waals surface area (Å²) in [4.78, 5) is 12.3. The summed E-state index contributed by atoms with van der Waals surface area (Å²) in [5.74, 6) is 0.426. The van der Waals surface area contributed by atoms with Crippen LogP contribution < -0.4 is 4.74 Å². The lowest BCUT2D eigenvalue weighted by atomic mass is 10.00. The van der Waals surface area contributed by atoms with Crippen LogP contribution in [-0.2, 0) is 0 Å². The molecule has 0 aromatic heterocycles. The van der Waals surface area contributed by atoms with Crippen LogP contribution >= 0.6 is 0 Å². The second-order valence-electron chi connectivity index (χ2n) is 4.63. The molecule has 3 nitrogen and oxygen atoms in total. The molecule has 0 radical (unpaired) electrons. The van der Waals surface area contributed by atoms with E-state index in [1.807, 2.05) is 13.0 Å². The fourth-order valence-corrected chi connectivity index (χ4v) is 1.98. The summed E-state index contributed by atoms with van der Waals surface area (Å²) in [5, 5.41) is 10.2. The van der Waals surface area contributed by atoms with Gasteiger partial charge in [-0.05, 0) is 25.5 Å². The molecular formula is C17H18O3. The van der Waals surface area contributed by atoms with Gasteiger partial charge in [0.2, 0.25) is 0 Å². The van der Waals surface area contributed by atoms with Gasteiger partial charge in [0, 0.05) is 11.1 Å². The van der Waals surface area contributed by atoms with Crippen LogP contribution in [0.5, 0.6) is 11.5 Å². The first-order valence-corrected chi connectivity index (χ1v) is 6.70. The molecule has 3 heteroatoms. The molecule has 1 N–H and O–H groups in total. The third kappa shape index (κ3) is 2.82. The molecule has 20 heavy (non-hydrogen) atoms. The van der Waals surface area contributed by atoms with Gasteiger partial charge < -0.3 is 9.84 Å². The Hall–Kier alpha value is -2.29. The Bertz CT molecular complexity index is 603. The Morgan fingerprint density at radius 2 is 1.85 bits per heavy atom. The maximum Gasteiger partial charge on any atom is 0.196 e. The normalized spacial score (nSPS) is 10.3. The predicted molar refractivity (Wildman–Crippen MR) is 78.5 cm³/mol. The van der Waals surface area contributed by atoms with Gasteiger partial charge in [0.1, 0.15) is 11.5 Å². The van der Waals surface area contributed by atoms with E-state index in [1.165, 1.54) is 0 Å². The number of aromatic hydroxyl groups is 1. The topological polar surface area (TPSA) is 46.5 Å². The SMILES string of the molecule is CCCOc1ccc(C(=O)c2ccccc2)c(O)c1C. The minimum absolute atomic E-state index is 0.00699. The summed E-state index contributed by atoms with van der Waals surface area (Å²) in [7, 11) is 0. The van der Waals surface area contributed by atoms with Gasteiger partial charge in [-0.25, -0.2) is 0 Å². The third-order valence-electron chi connectivity index (χ3n) is 3.12. The molecule has 0 amide bonds. The monoisotopic (exact) mass is 270 g/mol. The number of rotatable bonds is 5. The number of ketones is 1.